The number of aliphatic hydroxyl groups is 1. The Morgan fingerprint density at radius 3 is 2.62 bits per heavy atom. The summed E-state index contributed by atoms with van der Waals surface area (Å²) in [5.74, 6) is -0.344. The fraction of sp³-hybridized carbons (Fsp3) is 0.727. The van der Waals surface area contributed by atoms with Crippen molar-refractivity contribution in [2.45, 2.75) is 13.3 Å². The molecule has 0 aliphatic rings. The normalized spacial score (nSPS) is 11.6. The van der Waals surface area contributed by atoms with Gasteiger partial charge in [0, 0.05) is 19.3 Å². The van der Waals surface area contributed by atoms with Crippen LogP contribution in [0.3, 0.4) is 0 Å². The molecule has 5 heteroatoms. The van der Waals surface area contributed by atoms with Crippen molar-refractivity contribution in [2.24, 2.45) is 0 Å². The molecule has 0 heterocycles. The van der Waals surface area contributed by atoms with Crippen LogP contribution in [0.5, 0.6) is 0 Å². The molecule has 0 spiro atoms. The van der Waals surface area contributed by atoms with Crippen LogP contribution in [0.4, 0.5) is 0 Å². The molecule has 0 aromatic heterocycles. The van der Waals surface area contributed by atoms with Gasteiger partial charge in [-0.05, 0) is 13.3 Å². The summed E-state index contributed by atoms with van der Waals surface area (Å²) in [5, 5.41) is 8.43. The van der Waals surface area contributed by atoms with Crippen LogP contribution in [0.2, 0.25) is 0 Å². The van der Waals surface area contributed by atoms with E-state index in [1.54, 1.807) is 20.1 Å². The first kappa shape index (κ1) is 15.1. The number of ether oxygens (including phenoxy) is 3. The molecule has 0 aromatic rings. The number of methoxy groups -OCH3 is 1. The van der Waals surface area contributed by atoms with Crippen LogP contribution in [0.25, 0.3) is 0 Å². The van der Waals surface area contributed by atoms with Gasteiger partial charge in [-0.3, -0.25) is 0 Å². The SMILES string of the molecule is COCCC=C(C)C(=O)OCCOCCO. The molecule has 5 nitrogen and oxygen atoms in total. The molecule has 0 rings (SSSR count). The summed E-state index contributed by atoms with van der Waals surface area (Å²) in [6.07, 6.45) is 2.47. The zero-order valence-corrected chi connectivity index (χ0v) is 9.90. The van der Waals surface area contributed by atoms with E-state index < -0.39 is 0 Å². The van der Waals surface area contributed by atoms with Crippen LogP contribution in [-0.4, -0.2) is 51.2 Å². The molecule has 0 saturated heterocycles. The number of carbonyl (C=O) groups excluding carboxylic acids is 1. The van der Waals surface area contributed by atoms with Crippen molar-refractivity contribution in [1.29, 1.82) is 0 Å². The Hall–Kier alpha value is -0.910. The van der Waals surface area contributed by atoms with E-state index in [0.29, 0.717) is 25.2 Å². The Morgan fingerprint density at radius 1 is 1.25 bits per heavy atom. The van der Waals surface area contributed by atoms with Crippen molar-refractivity contribution in [3.8, 4) is 0 Å². The monoisotopic (exact) mass is 232 g/mol. The van der Waals surface area contributed by atoms with Crippen LogP contribution in [0.1, 0.15) is 13.3 Å². The number of rotatable bonds is 9. The highest BCUT2D eigenvalue weighted by molar-refractivity contribution is 5.87. The van der Waals surface area contributed by atoms with Gasteiger partial charge in [0.25, 0.3) is 0 Å². The Morgan fingerprint density at radius 2 is 2.00 bits per heavy atom. The minimum atomic E-state index is -0.344. The Labute approximate surface area is 96.0 Å². The van der Waals surface area contributed by atoms with Crippen molar-refractivity contribution < 1.29 is 24.1 Å². The maximum absolute atomic E-state index is 11.3. The average molecular weight is 232 g/mol. The van der Waals surface area contributed by atoms with Crippen molar-refractivity contribution >= 4 is 5.97 Å². The molecule has 0 amide bonds. The van der Waals surface area contributed by atoms with Gasteiger partial charge in [0.15, 0.2) is 0 Å². The number of aliphatic hydroxyl groups excluding tert-OH is 1. The van der Waals surface area contributed by atoms with E-state index in [9.17, 15) is 4.79 Å². The third-order valence-corrected chi connectivity index (χ3v) is 1.79. The standard InChI is InChI=1S/C11H20O5/c1-10(4-3-6-14-2)11(13)16-9-8-15-7-5-12/h4,12H,3,5-9H2,1-2H3. The van der Waals surface area contributed by atoms with E-state index in [1.165, 1.54) is 0 Å². The van der Waals surface area contributed by atoms with E-state index in [4.69, 9.17) is 19.3 Å². The second-order valence-electron chi connectivity index (χ2n) is 3.14. The number of hydrogen-bond donors (Lipinski definition) is 1. The second kappa shape index (κ2) is 10.6. The van der Waals surface area contributed by atoms with E-state index in [0.717, 1.165) is 0 Å². The average Bonchev–Trinajstić information content (AvgIpc) is 2.28. The van der Waals surface area contributed by atoms with Crippen LogP contribution in [0.15, 0.2) is 11.6 Å². The largest absolute Gasteiger partial charge is 0.460 e. The van der Waals surface area contributed by atoms with Crippen LogP contribution in [-0.2, 0) is 19.0 Å². The Balaban J connectivity index is 3.58. The number of hydrogen-bond acceptors (Lipinski definition) is 5. The van der Waals surface area contributed by atoms with E-state index in [2.05, 4.69) is 0 Å². The molecule has 0 aromatic carbocycles. The Kier molecular flexibility index (Phi) is 10.00. The van der Waals surface area contributed by atoms with Crippen LogP contribution < -0.4 is 0 Å². The van der Waals surface area contributed by atoms with Gasteiger partial charge in [-0.1, -0.05) is 6.08 Å². The van der Waals surface area contributed by atoms with Gasteiger partial charge in [0.2, 0.25) is 0 Å². The quantitative estimate of drug-likeness (QED) is 0.357. The lowest BCUT2D eigenvalue weighted by molar-refractivity contribution is -0.140. The number of carbonyl (C=O) groups is 1. The van der Waals surface area contributed by atoms with Gasteiger partial charge in [-0.25, -0.2) is 4.79 Å². The zero-order valence-electron chi connectivity index (χ0n) is 9.90. The van der Waals surface area contributed by atoms with Gasteiger partial charge in [0.05, 0.1) is 19.8 Å². The summed E-state index contributed by atoms with van der Waals surface area (Å²) in [5.41, 5.74) is 0.569. The minimum absolute atomic E-state index is 0.0239. The minimum Gasteiger partial charge on any atom is -0.460 e. The predicted molar refractivity (Wildman–Crippen MR) is 59.1 cm³/mol. The third-order valence-electron chi connectivity index (χ3n) is 1.79. The fourth-order valence-corrected chi connectivity index (χ4v) is 0.950. The topological polar surface area (TPSA) is 65.0 Å². The molecule has 0 saturated carbocycles. The van der Waals surface area contributed by atoms with Gasteiger partial charge in [-0.15, -0.1) is 0 Å². The van der Waals surface area contributed by atoms with Crippen LogP contribution >= 0.6 is 0 Å². The molecule has 0 fully saturated rings. The molecule has 16 heavy (non-hydrogen) atoms. The van der Waals surface area contributed by atoms with E-state index >= 15 is 0 Å². The molecule has 0 atom stereocenters. The fourth-order valence-electron chi connectivity index (χ4n) is 0.950. The smallest absolute Gasteiger partial charge is 0.333 e. The van der Waals surface area contributed by atoms with Crippen molar-refractivity contribution in [1.82, 2.24) is 0 Å². The second-order valence-corrected chi connectivity index (χ2v) is 3.14. The van der Waals surface area contributed by atoms with Crippen molar-refractivity contribution in [3.63, 3.8) is 0 Å². The first-order valence-electron chi connectivity index (χ1n) is 5.23. The van der Waals surface area contributed by atoms with Gasteiger partial charge in [-0.2, -0.15) is 0 Å². The van der Waals surface area contributed by atoms with E-state index in [-0.39, 0.29) is 25.8 Å². The van der Waals surface area contributed by atoms with Gasteiger partial charge in [0.1, 0.15) is 6.61 Å². The van der Waals surface area contributed by atoms with Crippen LogP contribution in [0, 0.1) is 0 Å². The number of esters is 1. The van der Waals surface area contributed by atoms with Crippen molar-refractivity contribution in [2.75, 3.05) is 40.1 Å². The highest BCUT2D eigenvalue weighted by atomic mass is 16.6. The maximum Gasteiger partial charge on any atom is 0.333 e. The molecule has 0 unspecified atom stereocenters. The molecule has 94 valence electrons. The van der Waals surface area contributed by atoms with Gasteiger partial charge < -0.3 is 19.3 Å². The third kappa shape index (κ3) is 8.40. The first-order chi connectivity index (χ1) is 7.72. The first-order valence-corrected chi connectivity index (χ1v) is 5.23. The summed E-state index contributed by atoms with van der Waals surface area (Å²) in [4.78, 5) is 11.3. The molecule has 0 aliphatic carbocycles. The maximum atomic E-state index is 11.3. The molecule has 1 N–H and O–H groups in total. The van der Waals surface area contributed by atoms with Gasteiger partial charge >= 0.3 is 5.97 Å². The molecular formula is C11H20O5. The molecule has 0 bridgehead atoms. The summed E-state index contributed by atoms with van der Waals surface area (Å²) in [7, 11) is 1.61. The lowest BCUT2D eigenvalue weighted by Gasteiger charge is -2.05. The predicted octanol–water partition coefficient (Wildman–Crippen LogP) is 0.521. The highest BCUT2D eigenvalue weighted by Crippen LogP contribution is 1.99. The lowest BCUT2D eigenvalue weighted by Crippen LogP contribution is -2.12. The zero-order chi connectivity index (χ0) is 12.2. The summed E-state index contributed by atoms with van der Waals surface area (Å²) in [6, 6.07) is 0. The lowest BCUT2D eigenvalue weighted by atomic mass is 10.2. The molecule has 0 aliphatic heterocycles. The van der Waals surface area contributed by atoms with Crippen molar-refractivity contribution in [3.05, 3.63) is 11.6 Å². The Bertz CT molecular complexity index is 212. The molecule has 0 radical (unpaired) electrons. The highest BCUT2D eigenvalue weighted by Gasteiger charge is 2.04. The summed E-state index contributed by atoms with van der Waals surface area (Å²) < 4.78 is 14.7. The molecular weight excluding hydrogens is 212 g/mol. The van der Waals surface area contributed by atoms with E-state index in [1.807, 2.05) is 0 Å². The summed E-state index contributed by atoms with van der Waals surface area (Å²) >= 11 is 0. The summed E-state index contributed by atoms with van der Waals surface area (Å²) in [6.45, 7) is 3.03.